The second kappa shape index (κ2) is 10.6. The van der Waals surface area contributed by atoms with Crippen LogP contribution in [0.15, 0.2) is 47.0 Å². The second-order valence-corrected chi connectivity index (χ2v) is 8.36. The van der Waals surface area contributed by atoms with Gasteiger partial charge in [-0.25, -0.2) is 0 Å². The van der Waals surface area contributed by atoms with Gasteiger partial charge in [0.25, 0.3) is 0 Å². The van der Waals surface area contributed by atoms with Crippen LogP contribution in [0.2, 0.25) is 10.0 Å². The minimum absolute atomic E-state index is 0.00381. The molecule has 0 unspecified atom stereocenters. The van der Waals surface area contributed by atoms with Crippen molar-refractivity contribution in [2.24, 2.45) is 0 Å². The molecule has 3 rings (SSSR count). The van der Waals surface area contributed by atoms with Crippen LogP contribution in [0.3, 0.4) is 0 Å². The highest BCUT2D eigenvalue weighted by Gasteiger charge is 2.20. The van der Waals surface area contributed by atoms with Crippen LogP contribution in [0.25, 0.3) is 11.4 Å². The number of hydrogen-bond acceptors (Lipinski definition) is 5. The Morgan fingerprint density at radius 2 is 1.90 bits per heavy atom. The Balaban J connectivity index is 1.54. The number of ether oxygens (including phenoxy) is 1. The average Bonchev–Trinajstić information content (AvgIpc) is 3.19. The van der Waals surface area contributed by atoms with E-state index in [1.54, 1.807) is 23.1 Å². The summed E-state index contributed by atoms with van der Waals surface area (Å²) in [7, 11) is 0. The van der Waals surface area contributed by atoms with Crippen LogP contribution in [-0.2, 0) is 11.3 Å². The van der Waals surface area contributed by atoms with E-state index >= 15 is 0 Å². The van der Waals surface area contributed by atoms with Crippen molar-refractivity contribution in [3.05, 3.63) is 64.0 Å². The van der Waals surface area contributed by atoms with E-state index in [9.17, 15) is 4.79 Å². The lowest BCUT2D eigenvalue weighted by Crippen LogP contribution is -2.36. The number of benzene rings is 2. The highest BCUT2D eigenvalue weighted by molar-refractivity contribution is 6.35. The summed E-state index contributed by atoms with van der Waals surface area (Å²) in [4.78, 5) is 18.9. The van der Waals surface area contributed by atoms with Gasteiger partial charge in [0.15, 0.2) is 0 Å². The molecule has 1 heterocycles. The molecular weight excluding hydrogens is 437 g/mol. The van der Waals surface area contributed by atoms with Gasteiger partial charge in [0.2, 0.25) is 17.6 Å². The minimum Gasteiger partial charge on any atom is -0.492 e. The molecule has 31 heavy (non-hydrogen) atoms. The number of rotatable bonds is 9. The number of halogens is 2. The zero-order valence-corrected chi connectivity index (χ0v) is 19.3. The van der Waals surface area contributed by atoms with E-state index < -0.39 is 0 Å². The van der Waals surface area contributed by atoms with Crippen molar-refractivity contribution in [3.8, 4) is 17.1 Å². The smallest absolute Gasteiger partial charge is 0.246 e. The van der Waals surface area contributed by atoms with Crippen LogP contribution in [0.4, 0.5) is 0 Å². The van der Waals surface area contributed by atoms with Crippen LogP contribution in [0.5, 0.6) is 5.75 Å². The summed E-state index contributed by atoms with van der Waals surface area (Å²) < 4.78 is 11.0. The first-order valence-electron chi connectivity index (χ1n) is 10.1. The number of hydrogen-bond donors (Lipinski definition) is 0. The Kier molecular flexibility index (Phi) is 7.93. The molecule has 3 aromatic rings. The van der Waals surface area contributed by atoms with E-state index in [0.717, 1.165) is 11.1 Å². The number of nitrogens with zero attached hydrogens (tertiary/aromatic N) is 3. The van der Waals surface area contributed by atoms with Crippen LogP contribution in [0.1, 0.15) is 38.1 Å². The van der Waals surface area contributed by atoms with Crippen molar-refractivity contribution in [1.82, 2.24) is 15.0 Å². The predicted octanol–water partition coefficient (Wildman–Crippen LogP) is 5.95. The SMILES string of the molecule is Cc1ccc(-c2noc(CN(C(=O)CCCOc3ccc(Cl)cc3Cl)C(C)C)n2)cc1. The molecule has 0 radical (unpaired) electrons. The molecular formula is C23H25Cl2N3O3. The molecule has 1 aromatic heterocycles. The molecule has 0 N–H and O–H groups in total. The van der Waals surface area contributed by atoms with Gasteiger partial charge in [0, 0.05) is 23.0 Å². The van der Waals surface area contributed by atoms with Gasteiger partial charge in [0.1, 0.15) is 12.3 Å². The largest absolute Gasteiger partial charge is 0.492 e. The Morgan fingerprint density at radius 3 is 2.58 bits per heavy atom. The van der Waals surface area contributed by atoms with Gasteiger partial charge in [-0.05, 0) is 45.4 Å². The van der Waals surface area contributed by atoms with Crippen molar-refractivity contribution in [2.45, 2.75) is 46.2 Å². The van der Waals surface area contributed by atoms with Gasteiger partial charge in [-0.3, -0.25) is 4.79 Å². The fraction of sp³-hybridized carbons (Fsp3) is 0.348. The summed E-state index contributed by atoms with van der Waals surface area (Å²) >= 11 is 12.0. The van der Waals surface area contributed by atoms with E-state index in [1.807, 2.05) is 45.0 Å². The first-order valence-corrected chi connectivity index (χ1v) is 10.9. The molecule has 0 bridgehead atoms. The molecule has 0 fully saturated rings. The molecule has 0 aliphatic heterocycles. The monoisotopic (exact) mass is 461 g/mol. The quantitative estimate of drug-likeness (QED) is 0.368. The minimum atomic E-state index is -0.00569. The molecule has 0 saturated carbocycles. The summed E-state index contributed by atoms with van der Waals surface area (Å²) in [5.41, 5.74) is 2.03. The number of carbonyl (C=O) groups is 1. The Bertz CT molecular complexity index is 1020. The number of aryl methyl sites for hydroxylation is 1. The average molecular weight is 462 g/mol. The second-order valence-electron chi connectivity index (χ2n) is 7.52. The van der Waals surface area contributed by atoms with E-state index in [1.165, 1.54) is 0 Å². The zero-order chi connectivity index (χ0) is 22.4. The Hall–Kier alpha value is -2.57. The van der Waals surface area contributed by atoms with E-state index in [-0.39, 0.29) is 18.5 Å². The predicted molar refractivity (Wildman–Crippen MR) is 121 cm³/mol. The van der Waals surface area contributed by atoms with Gasteiger partial charge in [-0.1, -0.05) is 58.2 Å². The normalized spacial score (nSPS) is 11.0. The third kappa shape index (κ3) is 6.45. The molecule has 1 amide bonds. The summed E-state index contributed by atoms with van der Waals surface area (Å²) in [6, 6.07) is 12.9. The summed E-state index contributed by atoms with van der Waals surface area (Å²) in [6.45, 7) is 6.57. The van der Waals surface area contributed by atoms with Crippen LogP contribution in [0, 0.1) is 6.92 Å². The van der Waals surface area contributed by atoms with E-state index in [0.29, 0.717) is 47.0 Å². The van der Waals surface area contributed by atoms with Crippen LogP contribution in [-0.4, -0.2) is 33.6 Å². The highest BCUT2D eigenvalue weighted by Crippen LogP contribution is 2.27. The standard InChI is InChI=1S/C23H25Cl2N3O3/c1-15(2)28(14-21-26-23(27-31-21)17-8-6-16(3)7-9-17)22(29)5-4-12-30-20-11-10-18(24)13-19(20)25/h6-11,13,15H,4-5,12,14H2,1-3H3. The number of carbonyl (C=O) groups excluding carboxylic acids is 1. The molecule has 2 aromatic carbocycles. The Labute approximate surface area is 192 Å². The van der Waals surface area contributed by atoms with Crippen molar-refractivity contribution < 1.29 is 14.1 Å². The lowest BCUT2D eigenvalue weighted by Gasteiger charge is -2.25. The molecule has 6 nitrogen and oxygen atoms in total. The van der Waals surface area contributed by atoms with Crippen LogP contribution >= 0.6 is 23.2 Å². The fourth-order valence-corrected chi connectivity index (χ4v) is 3.45. The van der Waals surface area contributed by atoms with Gasteiger partial charge in [-0.15, -0.1) is 0 Å². The molecule has 164 valence electrons. The van der Waals surface area contributed by atoms with Gasteiger partial charge >= 0.3 is 0 Å². The number of aromatic nitrogens is 2. The van der Waals surface area contributed by atoms with Gasteiger partial charge in [-0.2, -0.15) is 4.98 Å². The molecule has 0 saturated heterocycles. The van der Waals surface area contributed by atoms with E-state index in [2.05, 4.69) is 10.1 Å². The molecule has 0 aliphatic rings. The lowest BCUT2D eigenvalue weighted by atomic mass is 10.1. The van der Waals surface area contributed by atoms with Gasteiger partial charge < -0.3 is 14.2 Å². The third-order valence-electron chi connectivity index (χ3n) is 4.71. The van der Waals surface area contributed by atoms with E-state index in [4.69, 9.17) is 32.5 Å². The first kappa shape index (κ1) is 23.1. The lowest BCUT2D eigenvalue weighted by molar-refractivity contribution is -0.134. The molecule has 0 aliphatic carbocycles. The molecule has 0 spiro atoms. The first-order chi connectivity index (χ1) is 14.8. The van der Waals surface area contributed by atoms with Crippen molar-refractivity contribution >= 4 is 29.1 Å². The highest BCUT2D eigenvalue weighted by atomic mass is 35.5. The summed E-state index contributed by atoms with van der Waals surface area (Å²) in [6.07, 6.45) is 0.891. The van der Waals surface area contributed by atoms with Crippen molar-refractivity contribution in [2.75, 3.05) is 6.61 Å². The number of amides is 1. The maximum atomic E-state index is 12.8. The third-order valence-corrected chi connectivity index (χ3v) is 5.24. The summed E-state index contributed by atoms with van der Waals surface area (Å²) in [5, 5.41) is 5.04. The Morgan fingerprint density at radius 1 is 1.16 bits per heavy atom. The maximum absolute atomic E-state index is 12.8. The zero-order valence-electron chi connectivity index (χ0n) is 17.8. The fourth-order valence-electron chi connectivity index (χ4n) is 2.98. The summed E-state index contributed by atoms with van der Waals surface area (Å²) in [5.74, 6) is 1.46. The topological polar surface area (TPSA) is 68.5 Å². The van der Waals surface area contributed by atoms with Gasteiger partial charge in [0.05, 0.1) is 11.6 Å². The van der Waals surface area contributed by atoms with Crippen molar-refractivity contribution in [1.29, 1.82) is 0 Å². The molecule has 8 heteroatoms. The van der Waals surface area contributed by atoms with Crippen LogP contribution < -0.4 is 4.74 Å². The maximum Gasteiger partial charge on any atom is 0.246 e. The van der Waals surface area contributed by atoms with Crippen molar-refractivity contribution in [3.63, 3.8) is 0 Å². The molecule has 0 atom stereocenters.